The Morgan fingerprint density at radius 2 is 2.00 bits per heavy atom. The van der Waals surface area contributed by atoms with Gasteiger partial charge in [-0.3, -0.25) is 14.7 Å². The number of fused-ring (bicyclic) bond motifs is 1. The number of aromatic nitrogens is 2. The number of hydrogen-bond donors (Lipinski definition) is 4. The van der Waals surface area contributed by atoms with Crippen LogP contribution < -0.4 is 16.4 Å². The molecule has 112 valence electrons. The molecule has 5 N–H and O–H groups in total. The highest BCUT2D eigenvalue weighted by Gasteiger charge is 2.13. The van der Waals surface area contributed by atoms with Crippen LogP contribution in [-0.4, -0.2) is 41.6 Å². The maximum Gasteiger partial charge on any atom is 0.272 e. The number of nitrogens with zero attached hydrogens (tertiary/aromatic N) is 1. The summed E-state index contributed by atoms with van der Waals surface area (Å²) in [5.74, 6) is -0.391. The Morgan fingerprint density at radius 1 is 1.19 bits per heavy atom. The van der Waals surface area contributed by atoms with Gasteiger partial charge in [0.2, 0.25) is 5.91 Å². The monoisotopic (exact) mass is 289 g/mol. The van der Waals surface area contributed by atoms with Crippen molar-refractivity contribution in [3.05, 3.63) is 30.0 Å². The van der Waals surface area contributed by atoms with Gasteiger partial charge in [0.1, 0.15) is 0 Å². The van der Waals surface area contributed by atoms with E-state index in [1.54, 1.807) is 0 Å². The lowest BCUT2D eigenvalue weighted by molar-refractivity contribution is -0.120. The number of H-pyrrole nitrogens is 1. The first-order valence-corrected chi connectivity index (χ1v) is 6.90. The molecule has 0 saturated carbocycles. The third-order valence-electron chi connectivity index (χ3n) is 3.03. The van der Waals surface area contributed by atoms with E-state index in [1.165, 1.54) is 0 Å². The standard InChI is InChI=1S/C14H19N5O2/c15-7-3-8-16-12(20)6-9-17-14(21)13-10-4-1-2-5-11(10)18-19-13/h1-2,4-5H,3,6-9,15H2,(H,16,20)(H,17,21)(H,18,19). The predicted octanol–water partition coefficient (Wildman–Crippen LogP) is 0.148. The lowest BCUT2D eigenvalue weighted by atomic mass is 10.2. The summed E-state index contributed by atoms with van der Waals surface area (Å²) in [6, 6.07) is 7.39. The number of nitrogens with two attached hydrogens (primary N) is 1. The summed E-state index contributed by atoms with van der Waals surface area (Å²) in [6.45, 7) is 1.38. The van der Waals surface area contributed by atoms with Crippen LogP contribution in [0.5, 0.6) is 0 Å². The van der Waals surface area contributed by atoms with Crippen molar-refractivity contribution in [3.8, 4) is 0 Å². The third-order valence-corrected chi connectivity index (χ3v) is 3.03. The van der Waals surface area contributed by atoms with Crippen LogP contribution in [0, 0.1) is 0 Å². The molecule has 0 aliphatic carbocycles. The van der Waals surface area contributed by atoms with Gasteiger partial charge in [0, 0.05) is 24.9 Å². The smallest absolute Gasteiger partial charge is 0.272 e. The largest absolute Gasteiger partial charge is 0.356 e. The summed E-state index contributed by atoms with van der Waals surface area (Å²) in [4.78, 5) is 23.5. The Kier molecular flexibility index (Phi) is 5.28. The molecule has 0 aliphatic heterocycles. The number of para-hydroxylation sites is 1. The first-order valence-electron chi connectivity index (χ1n) is 6.90. The summed E-state index contributed by atoms with van der Waals surface area (Å²) < 4.78 is 0. The molecule has 2 rings (SSSR count). The number of benzene rings is 1. The lowest BCUT2D eigenvalue weighted by Gasteiger charge is -2.05. The van der Waals surface area contributed by atoms with Gasteiger partial charge in [-0.2, -0.15) is 5.10 Å². The van der Waals surface area contributed by atoms with E-state index in [-0.39, 0.29) is 24.8 Å². The molecule has 0 aliphatic rings. The zero-order chi connectivity index (χ0) is 15.1. The second kappa shape index (κ2) is 7.39. The molecule has 0 unspecified atom stereocenters. The minimum atomic E-state index is -0.290. The highest BCUT2D eigenvalue weighted by molar-refractivity contribution is 6.04. The van der Waals surface area contributed by atoms with Gasteiger partial charge in [-0.25, -0.2) is 0 Å². The zero-order valence-corrected chi connectivity index (χ0v) is 11.7. The summed E-state index contributed by atoms with van der Waals surface area (Å²) >= 11 is 0. The predicted molar refractivity (Wildman–Crippen MR) is 79.7 cm³/mol. The van der Waals surface area contributed by atoms with Crippen LogP contribution in [0.15, 0.2) is 24.3 Å². The molecule has 0 bridgehead atoms. The second-order valence-electron chi connectivity index (χ2n) is 4.62. The van der Waals surface area contributed by atoms with Gasteiger partial charge >= 0.3 is 0 Å². The van der Waals surface area contributed by atoms with Crippen LogP contribution >= 0.6 is 0 Å². The fourth-order valence-electron chi connectivity index (χ4n) is 1.93. The van der Waals surface area contributed by atoms with Crippen LogP contribution in [0.2, 0.25) is 0 Å². The Bertz CT molecular complexity index is 623. The number of rotatable bonds is 7. The van der Waals surface area contributed by atoms with E-state index in [1.807, 2.05) is 24.3 Å². The maximum atomic E-state index is 12.0. The van der Waals surface area contributed by atoms with E-state index in [0.717, 1.165) is 17.3 Å². The second-order valence-corrected chi connectivity index (χ2v) is 4.62. The molecule has 21 heavy (non-hydrogen) atoms. The van der Waals surface area contributed by atoms with Crippen molar-refractivity contribution in [2.75, 3.05) is 19.6 Å². The van der Waals surface area contributed by atoms with Crippen LogP contribution in [0.1, 0.15) is 23.3 Å². The van der Waals surface area contributed by atoms with E-state index >= 15 is 0 Å². The first kappa shape index (κ1) is 15.0. The SMILES string of the molecule is NCCCNC(=O)CCNC(=O)c1n[nH]c2ccccc12. The lowest BCUT2D eigenvalue weighted by Crippen LogP contribution is -2.31. The Labute approximate surface area is 122 Å². The summed E-state index contributed by atoms with van der Waals surface area (Å²) in [5.41, 5.74) is 6.49. The Hall–Kier alpha value is -2.41. The van der Waals surface area contributed by atoms with Gasteiger partial charge in [0.05, 0.1) is 5.52 Å². The molecule has 1 heterocycles. The van der Waals surface area contributed by atoms with Crippen molar-refractivity contribution in [2.24, 2.45) is 5.73 Å². The molecule has 0 fully saturated rings. The number of carbonyl (C=O) groups excluding carboxylic acids is 2. The Balaban J connectivity index is 1.81. The molecule has 0 atom stereocenters. The molecule has 1 aromatic carbocycles. The fourth-order valence-corrected chi connectivity index (χ4v) is 1.93. The number of aromatic amines is 1. The third kappa shape index (κ3) is 4.03. The molecule has 2 amide bonds. The summed E-state index contributed by atoms with van der Waals surface area (Å²) in [5, 5.41) is 13.0. The minimum absolute atomic E-state index is 0.101. The van der Waals surface area contributed by atoms with Crippen molar-refractivity contribution in [2.45, 2.75) is 12.8 Å². The average Bonchev–Trinajstić information content (AvgIpc) is 2.91. The van der Waals surface area contributed by atoms with E-state index < -0.39 is 0 Å². The zero-order valence-electron chi connectivity index (χ0n) is 11.7. The van der Waals surface area contributed by atoms with Gasteiger partial charge in [-0.1, -0.05) is 18.2 Å². The number of carbonyl (C=O) groups is 2. The van der Waals surface area contributed by atoms with Crippen LogP contribution in [0.25, 0.3) is 10.9 Å². The van der Waals surface area contributed by atoms with Gasteiger partial charge < -0.3 is 16.4 Å². The summed E-state index contributed by atoms with van der Waals surface area (Å²) in [6.07, 6.45) is 0.982. The topological polar surface area (TPSA) is 113 Å². The quantitative estimate of drug-likeness (QED) is 0.543. The van der Waals surface area contributed by atoms with Crippen LogP contribution in [0.3, 0.4) is 0 Å². The normalized spacial score (nSPS) is 10.5. The van der Waals surface area contributed by atoms with Gasteiger partial charge in [-0.15, -0.1) is 0 Å². The van der Waals surface area contributed by atoms with Crippen molar-refractivity contribution < 1.29 is 9.59 Å². The molecule has 0 radical (unpaired) electrons. The van der Waals surface area contributed by atoms with E-state index in [2.05, 4.69) is 20.8 Å². The van der Waals surface area contributed by atoms with Crippen molar-refractivity contribution >= 4 is 22.7 Å². The highest BCUT2D eigenvalue weighted by Crippen LogP contribution is 2.14. The molecule has 0 saturated heterocycles. The van der Waals surface area contributed by atoms with Crippen molar-refractivity contribution in [1.82, 2.24) is 20.8 Å². The number of nitrogens with one attached hydrogen (secondary N) is 3. The minimum Gasteiger partial charge on any atom is -0.356 e. The first-order chi connectivity index (χ1) is 10.2. The van der Waals surface area contributed by atoms with Gasteiger partial charge in [0.25, 0.3) is 5.91 Å². The summed E-state index contributed by atoms with van der Waals surface area (Å²) in [7, 11) is 0. The fraction of sp³-hybridized carbons (Fsp3) is 0.357. The van der Waals surface area contributed by atoms with Crippen LogP contribution in [0.4, 0.5) is 0 Å². The number of hydrogen-bond acceptors (Lipinski definition) is 4. The molecule has 2 aromatic rings. The molecule has 0 spiro atoms. The van der Waals surface area contributed by atoms with Gasteiger partial charge in [-0.05, 0) is 19.0 Å². The maximum absolute atomic E-state index is 12.0. The van der Waals surface area contributed by atoms with Crippen LogP contribution in [-0.2, 0) is 4.79 Å². The molecular formula is C14H19N5O2. The van der Waals surface area contributed by atoms with E-state index in [9.17, 15) is 9.59 Å². The van der Waals surface area contributed by atoms with Crippen molar-refractivity contribution in [1.29, 1.82) is 0 Å². The molecular weight excluding hydrogens is 270 g/mol. The molecule has 7 heteroatoms. The van der Waals surface area contributed by atoms with Gasteiger partial charge in [0.15, 0.2) is 5.69 Å². The van der Waals surface area contributed by atoms with E-state index in [4.69, 9.17) is 5.73 Å². The number of amides is 2. The Morgan fingerprint density at radius 3 is 2.81 bits per heavy atom. The average molecular weight is 289 g/mol. The highest BCUT2D eigenvalue weighted by atomic mass is 16.2. The molecule has 1 aromatic heterocycles. The molecule has 7 nitrogen and oxygen atoms in total. The van der Waals surface area contributed by atoms with E-state index in [0.29, 0.717) is 18.8 Å². The van der Waals surface area contributed by atoms with Crippen molar-refractivity contribution in [3.63, 3.8) is 0 Å².